The SMILES string of the molecule is Cc1ccccc1CC(=N)N(C#N)C1C2CC3CC1CC(O)(C3)C2. The van der Waals surface area contributed by atoms with Gasteiger partial charge in [-0.2, -0.15) is 5.26 Å². The number of rotatable bonds is 3. The van der Waals surface area contributed by atoms with Gasteiger partial charge in [0, 0.05) is 6.42 Å². The minimum Gasteiger partial charge on any atom is -0.390 e. The van der Waals surface area contributed by atoms with Gasteiger partial charge in [-0.15, -0.1) is 0 Å². The predicted octanol–water partition coefficient (Wildman–Crippen LogP) is 3.24. The fraction of sp³-hybridized carbons (Fsp3) is 0.600. The molecule has 4 nitrogen and oxygen atoms in total. The summed E-state index contributed by atoms with van der Waals surface area (Å²) in [7, 11) is 0. The third kappa shape index (κ3) is 2.52. The molecule has 5 rings (SSSR count). The molecule has 1 aromatic rings. The van der Waals surface area contributed by atoms with Crippen LogP contribution in [0.25, 0.3) is 0 Å². The molecule has 2 N–H and O–H groups in total. The molecular weight excluding hydrogens is 298 g/mol. The van der Waals surface area contributed by atoms with Crippen molar-refractivity contribution in [1.29, 1.82) is 10.7 Å². The Morgan fingerprint density at radius 1 is 1.29 bits per heavy atom. The first kappa shape index (κ1) is 15.7. The number of nitrogens with one attached hydrogen (secondary N) is 1. The third-order valence-corrected chi connectivity index (χ3v) is 6.51. The molecule has 0 aromatic heterocycles. The van der Waals surface area contributed by atoms with Gasteiger partial charge in [0.05, 0.1) is 11.6 Å². The topological polar surface area (TPSA) is 71.1 Å². The first-order chi connectivity index (χ1) is 11.5. The molecule has 2 atom stereocenters. The van der Waals surface area contributed by atoms with Gasteiger partial charge in [-0.05, 0) is 67.9 Å². The minimum absolute atomic E-state index is 0.114. The van der Waals surface area contributed by atoms with Crippen LogP contribution in [0.1, 0.15) is 43.2 Å². The highest BCUT2D eigenvalue weighted by Crippen LogP contribution is 2.56. The Balaban J connectivity index is 1.55. The number of aryl methyl sites for hydroxylation is 1. The summed E-state index contributed by atoms with van der Waals surface area (Å²) < 4.78 is 0. The number of benzene rings is 1. The number of nitrogens with zero attached hydrogens (tertiary/aromatic N) is 2. The van der Waals surface area contributed by atoms with Crippen molar-refractivity contribution >= 4 is 5.84 Å². The fourth-order valence-electron chi connectivity index (χ4n) is 5.76. The lowest BCUT2D eigenvalue weighted by Gasteiger charge is -2.59. The van der Waals surface area contributed by atoms with Gasteiger partial charge in [0.25, 0.3) is 0 Å². The van der Waals surface area contributed by atoms with E-state index in [0.717, 1.165) is 37.7 Å². The molecule has 4 saturated carbocycles. The van der Waals surface area contributed by atoms with Crippen molar-refractivity contribution in [3.8, 4) is 6.19 Å². The van der Waals surface area contributed by atoms with Crippen molar-refractivity contribution in [2.24, 2.45) is 17.8 Å². The standard InChI is InChI=1S/C20H25N3O/c1-13-4-2-3-5-15(13)8-18(22)23(12-21)19-16-6-14-7-17(19)11-20(24,9-14)10-16/h2-5,14,16-17,19,22,24H,6-11H2,1H3. The zero-order chi connectivity index (χ0) is 16.9. The summed E-state index contributed by atoms with van der Waals surface area (Å²) in [4.78, 5) is 1.67. The van der Waals surface area contributed by atoms with Crippen molar-refractivity contribution in [1.82, 2.24) is 4.90 Å². The number of hydrogen-bond acceptors (Lipinski definition) is 3. The molecule has 0 heterocycles. The lowest BCUT2D eigenvalue weighted by molar-refractivity contribution is -0.147. The molecule has 126 valence electrons. The van der Waals surface area contributed by atoms with Crippen molar-refractivity contribution < 1.29 is 5.11 Å². The molecule has 4 fully saturated rings. The van der Waals surface area contributed by atoms with Crippen LogP contribution in [0.2, 0.25) is 0 Å². The Kier molecular flexibility index (Phi) is 3.65. The van der Waals surface area contributed by atoms with Crippen LogP contribution in [0, 0.1) is 41.5 Å². The van der Waals surface area contributed by atoms with E-state index in [1.165, 1.54) is 5.56 Å². The van der Waals surface area contributed by atoms with Crippen LogP contribution in [0.4, 0.5) is 0 Å². The van der Waals surface area contributed by atoms with E-state index >= 15 is 0 Å². The molecular formula is C20H25N3O. The maximum Gasteiger partial charge on any atom is 0.185 e. The smallest absolute Gasteiger partial charge is 0.185 e. The van der Waals surface area contributed by atoms with Crippen LogP contribution in [-0.2, 0) is 6.42 Å². The second-order valence-corrected chi connectivity index (χ2v) is 8.20. The summed E-state index contributed by atoms with van der Waals surface area (Å²) in [6.45, 7) is 2.05. The summed E-state index contributed by atoms with van der Waals surface area (Å²) in [6, 6.07) is 8.20. The van der Waals surface area contributed by atoms with Crippen LogP contribution in [0.3, 0.4) is 0 Å². The number of hydrogen-bond donors (Lipinski definition) is 2. The maximum atomic E-state index is 10.7. The normalized spacial score (nSPS) is 36.4. The van der Waals surface area contributed by atoms with Crippen molar-refractivity contribution in [3.63, 3.8) is 0 Å². The third-order valence-electron chi connectivity index (χ3n) is 6.51. The average molecular weight is 323 g/mol. The molecule has 2 unspecified atom stereocenters. The van der Waals surface area contributed by atoms with Crippen molar-refractivity contribution in [2.45, 2.75) is 57.1 Å². The van der Waals surface area contributed by atoms with E-state index in [2.05, 4.69) is 19.2 Å². The number of nitriles is 1. The lowest BCUT2D eigenvalue weighted by Crippen LogP contribution is -2.61. The van der Waals surface area contributed by atoms with Gasteiger partial charge in [0.1, 0.15) is 5.84 Å². The Bertz CT molecular complexity index is 691. The average Bonchev–Trinajstić information content (AvgIpc) is 2.51. The van der Waals surface area contributed by atoms with E-state index in [9.17, 15) is 10.4 Å². The maximum absolute atomic E-state index is 10.7. The first-order valence-corrected chi connectivity index (χ1v) is 9.02. The highest BCUT2D eigenvalue weighted by molar-refractivity contribution is 5.83. The lowest BCUT2D eigenvalue weighted by atomic mass is 9.52. The molecule has 0 radical (unpaired) electrons. The summed E-state index contributed by atoms with van der Waals surface area (Å²) >= 11 is 0. The van der Waals surface area contributed by atoms with Gasteiger partial charge in [-0.3, -0.25) is 10.3 Å². The Labute approximate surface area is 143 Å². The second kappa shape index (κ2) is 5.60. The molecule has 4 aliphatic carbocycles. The summed E-state index contributed by atoms with van der Waals surface area (Å²) in [6.07, 6.45) is 7.59. The van der Waals surface area contributed by atoms with Gasteiger partial charge in [-0.25, -0.2) is 0 Å². The molecule has 0 saturated heterocycles. The molecule has 24 heavy (non-hydrogen) atoms. The van der Waals surface area contributed by atoms with Crippen LogP contribution >= 0.6 is 0 Å². The molecule has 4 heteroatoms. The number of amidine groups is 1. The van der Waals surface area contributed by atoms with E-state index in [-0.39, 0.29) is 6.04 Å². The Morgan fingerprint density at radius 2 is 1.96 bits per heavy atom. The minimum atomic E-state index is -0.494. The molecule has 0 spiro atoms. The van der Waals surface area contributed by atoms with Gasteiger partial charge in [-0.1, -0.05) is 24.3 Å². The quantitative estimate of drug-likeness (QED) is 0.388. The molecule has 4 bridgehead atoms. The van der Waals surface area contributed by atoms with Gasteiger partial charge in [0.15, 0.2) is 6.19 Å². The molecule has 1 aromatic carbocycles. The Morgan fingerprint density at radius 3 is 2.54 bits per heavy atom. The van der Waals surface area contributed by atoms with Crippen LogP contribution in [0.15, 0.2) is 24.3 Å². The summed E-state index contributed by atoms with van der Waals surface area (Å²) in [5.74, 6) is 1.74. The molecule has 0 aliphatic heterocycles. The van der Waals surface area contributed by atoms with Crippen LogP contribution in [0.5, 0.6) is 0 Å². The largest absolute Gasteiger partial charge is 0.390 e. The Hall–Kier alpha value is -1.86. The highest BCUT2D eigenvalue weighted by atomic mass is 16.3. The highest BCUT2D eigenvalue weighted by Gasteiger charge is 2.56. The van der Waals surface area contributed by atoms with Gasteiger partial charge >= 0.3 is 0 Å². The zero-order valence-corrected chi connectivity index (χ0v) is 14.2. The van der Waals surface area contributed by atoms with Crippen LogP contribution < -0.4 is 0 Å². The van der Waals surface area contributed by atoms with Crippen molar-refractivity contribution in [2.75, 3.05) is 0 Å². The van der Waals surface area contributed by atoms with Gasteiger partial charge in [0.2, 0.25) is 0 Å². The molecule has 0 amide bonds. The monoisotopic (exact) mass is 323 g/mol. The predicted molar refractivity (Wildman–Crippen MR) is 92.4 cm³/mol. The van der Waals surface area contributed by atoms with Crippen LogP contribution in [-0.4, -0.2) is 27.5 Å². The second-order valence-electron chi connectivity index (χ2n) is 8.20. The van der Waals surface area contributed by atoms with E-state index in [1.54, 1.807) is 4.90 Å². The fourth-order valence-corrected chi connectivity index (χ4v) is 5.76. The molecule has 4 aliphatic rings. The zero-order valence-electron chi connectivity index (χ0n) is 14.2. The van der Waals surface area contributed by atoms with E-state index < -0.39 is 5.60 Å². The van der Waals surface area contributed by atoms with Crippen molar-refractivity contribution in [3.05, 3.63) is 35.4 Å². The van der Waals surface area contributed by atoms with E-state index in [4.69, 9.17) is 5.41 Å². The van der Waals surface area contributed by atoms with E-state index in [0.29, 0.717) is 30.0 Å². The van der Waals surface area contributed by atoms with Gasteiger partial charge < -0.3 is 5.11 Å². The summed E-state index contributed by atoms with van der Waals surface area (Å²) in [5.41, 5.74) is 1.79. The summed E-state index contributed by atoms with van der Waals surface area (Å²) in [5, 5.41) is 29.0. The van der Waals surface area contributed by atoms with E-state index in [1.807, 2.05) is 18.2 Å². The number of aliphatic hydroxyl groups is 1. The first-order valence-electron chi connectivity index (χ1n) is 9.02.